The Morgan fingerprint density at radius 3 is 2.64 bits per heavy atom. The minimum atomic E-state index is -0.410. The third-order valence-electron chi connectivity index (χ3n) is 3.40. The van der Waals surface area contributed by atoms with Gasteiger partial charge in [-0.15, -0.1) is 24.0 Å². The van der Waals surface area contributed by atoms with E-state index in [0.717, 1.165) is 17.0 Å². The second kappa shape index (κ2) is 9.97. The number of aromatic nitrogens is 1. The van der Waals surface area contributed by atoms with Crippen LogP contribution in [-0.2, 0) is 13.1 Å². The number of guanidine groups is 1. The second-order valence-electron chi connectivity index (χ2n) is 5.58. The molecule has 0 radical (unpaired) electrons. The Balaban J connectivity index is 0.00000312. The summed E-state index contributed by atoms with van der Waals surface area (Å²) in [4.78, 5) is 14.5. The van der Waals surface area contributed by atoms with E-state index >= 15 is 0 Å². The lowest BCUT2D eigenvalue weighted by atomic mass is 10.1. The van der Waals surface area contributed by atoms with Gasteiger partial charge in [0.15, 0.2) is 11.7 Å². The topological polar surface area (TPSA) is 106 Å². The maximum atomic E-state index is 10.8. The van der Waals surface area contributed by atoms with E-state index in [-0.39, 0.29) is 29.7 Å². The molecular formula is C16H22IN5O3. The highest BCUT2D eigenvalue weighted by Crippen LogP contribution is 2.14. The Bertz CT molecular complexity index is 730. The Hall–Kier alpha value is -2.17. The second-order valence-corrected chi connectivity index (χ2v) is 5.58. The molecule has 2 N–H and O–H groups in total. The molecule has 8 nitrogen and oxygen atoms in total. The third-order valence-corrected chi connectivity index (χ3v) is 3.40. The Labute approximate surface area is 163 Å². The van der Waals surface area contributed by atoms with Gasteiger partial charge in [-0.05, 0) is 11.5 Å². The van der Waals surface area contributed by atoms with Gasteiger partial charge in [-0.1, -0.05) is 31.1 Å². The van der Waals surface area contributed by atoms with Crippen molar-refractivity contribution < 1.29 is 9.45 Å². The van der Waals surface area contributed by atoms with Gasteiger partial charge in [-0.2, -0.15) is 0 Å². The highest BCUT2D eigenvalue weighted by molar-refractivity contribution is 14.0. The lowest BCUT2D eigenvalue weighted by Gasteiger charge is -2.10. The van der Waals surface area contributed by atoms with Crippen molar-refractivity contribution in [2.24, 2.45) is 4.99 Å². The Kier molecular flexibility index (Phi) is 8.32. The van der Waals surface area contributed by atoms with Gasteiger partial charge >= 0.3 is 0 Å². The number of nitro groups is 1. The van der Waals surface area contributed by atoms with Crippen molar-refractivity contribution >= 4 is 35.6 Å². The molecule has 0 amide bonds. The number of nitrogens with zero attached hydrogens (tertiary/aromatic N) is 3. The summed E-state index contributed by atoms with van der Waals surface area (Å²) in [6.07, 6.45) is 0. The smallest absolute Gasteiger partial charge is 0.269 e. The largest absolute Gasteiger partial charge is 0.359 e. The van der Waals surface area contributed by atoms with Crippen LogP contribution in [0.25, 0.3) is 0 Å². The fraction of sp³-hybridized carbons (Fsp3) is 0.375. The third kappa shape index (κ3) is 6.33. The van der Waals surface area contributed by atoms with Crippen molar-refractivity contribution in [3.63, 3.8) is 0 Å². The summed E-state index contributed by atoms with van der Waals surface area (Å²) in [6, 6.07) is 8.38. The summed E-state index contributed by atoms with van der Waals surface area (Å²) in [5.74, 6) is 1.61. The molecule has 0 aliphatic heterocycles. The number of aliphatic imine (C=N–C) groups is 1. The molecule has 25 heavy (non-hydrogen) atoms. The van der Waals surface area contributed by atoms with Crippen LogP contribution in [0.4, 0.5) is 5.69 Å². The number of hydrogen-bond acceptors (Lipinski definition) is 5. The van der Waals surface area contributed by atoms with E-state index in [1.54, 1.807) is 13.1 Å². The lowest BCUT2D eigenvalue weighted by molar-refractivity contribution is -0.384. The average molecular weight is 459 g/mol. The Morgan fingerprint density at radius 2 is 2.04 bits per heavy atom. The number of nitro benzene ring substituents is 1. The van der Waals surface area contributed by atoms with Crippen LogP contribution in [0, 0.1) is 10.1 Å². The number of halogens is 1. The molecule has 136 valence electrons. The number of non-ortho nitro benzene ring substituents is 1. The highest BCUT2D eigenvalue weighted by Gasteiger charge is 2.09. The highest BCUT2D eigenvalue weighted by atomic mass is 127. The molecule has 0 aliphatic carbocycles. The van der Waals surface area contributed by atoms with Crippen LogP contribution in [0.5, 0.6) is 0 Å². The summed E-state index contributed by atoms with van der Waals surface area (Å²) < 4.78 is 5.26. The molecule has 0 fully saturated rings. The molecule has 0 aliphatic rings. The SMILES string of the molecule is CN=C(NCc1cccc([N+](=O)[O-])c1)NCc1cc(C(C)C)no1.I. The molecule has 0 saturated heterocycles. The predicted octanol–water partition coefficient (Wildman–Crippen LogP) is 3.19. The van der Waals surface area contributed by atoms with Gasteiger partial charge < -0.3 is 15.2 Å². The molecule has 1 heterocycles. The van der Waals surface area contributed by atoms with Crippen LogP contribution in [0.1, 0.15) is 36.8 Å². The zero-order valence-corrected chi connectivity index (χ0v) is 16.7. The maximum Gasteiger partial charge on any atom is 0.269 e. The van der Waals surface area contributed by atoms with Crippen molar-refractivity contribution in [1.82, 2.24) is 15.8 Å². The maximum absolute atomic E-state index is 10.8. The first-order valence-corrected chi connectivity index (χ1v) is 7.63. The molecule has 0 saturated carbocycles. The zero-order chi connectivity index (χ0) is 17.5. The molecular weight excluding hydrogens is 437 g/mol. The van der Waals surface area contributed by atoms with Crippen LogP contribution >= 0.6 is 24.0 Å². The van der Waals surface area contributed by atoms with Crippen LogP contribution in [0.3, 0.4) is 0 Å². The summed E-state index contributed by atoms with van der Waals surface area (Å²) in [5, 5.41) is 21.0. The normalized spacial score (nSPS) is 11.1. The Morgan fingerprint density at radius 1 is 1.32 bits per heavy atom. The molecule has 2 aromatic rings. The first kappa shape index (κ1) is 20.9. The summed E-state index contributed by atoms with van der Waals surface area (Å²) in [6.45, 7) is 4.98. The van der Waals surface area contributed by atoms with Gasteiger partial charge in [-0.3, -0.25) is 15.1 Å². The van der Waals surface area contributed by atoms with E-state index in [4.69, 9.17) is 4.52 Å². The molecule has 1 aromatic heterocycles. The van der Waals surface area contributed by atoms with Gasteiger partial charge in [0.1, 0.15) is 0 Å². The van der Waals surface area contributed by atoms with E-state index in [2.05, 4.69) is 34.6 Å². The lowest BCUT2D eigenvalue weighted by Crippen LogP contribution is -2.36. The number of hydrogen-bond donors (Lipinski definition) is 2. The van der Waals surface area contributed by atoms with Crippen molar-refractivity contribution in [2.45, 2.75) is 32.9 Å². The molecule has 0 unspecified atom stereocenters. The average Bonchev–Trinajstić information content (AvgIpc) is 3.04. The van der Waals surface area contributed by atoms with Crippen LogP contribution < -0.4 is 10.6 Å². The zero-order valence-electron chi connectivity index (χ0n) is 14.4. The summed E-state index contributed by atoms with van der Waals surface area (Å²) in [7, 11) is 1.66. The van der Waals surface area contributed by atoms with Gasteiger partial charge in [0.25, 0.3) is 5.69 Å². The summed E-state index contributed by atoms with van der Waals surface area (Å²) >= 11 is 0. The van der Waals surface area contributed by atoms with Crippen molar-refractivity contribution in [3.8, 4) is 0 Å². The van der Waals surface area contributed by atoms with E-state index < -0.39 is 4.92 Å². The van der Waals surface area contributed by atoms with Crippen molar-refractivity contribution in [2.75, 3.05) is 7.05 Å². The van der Waals surface area contributed by atoms with E-state index in [9.17, 15) is 10.1 Å². The number of benzene rings is 1. The molecule has 2 rings (SSSR count). The predicted molar refractivity (Wildman–Crippen MR) is 106 cm³/mol. The van der Waals surface area contributed by atoms with E-state index in [0.29, 0.717) is 25.0 Å². The quantitative estimate of drug-likeness (QED) is 0.226. The van der Waals surface area contributed by atoms with Gasteiger partial charge in [0.2, 0.25) is 0 Å². The van der Waals surface area contributed by atoms with E-state index in [1.807, 2.05) is 12.1 Å². The molecule has 0 bridgehead atoms. The minimum absolute atomic E-state index is 0. The fourth-order valence-electron chi connectivity index (χ4n) is 2.04. The van der Waals surface area contributed by atoms with Gasteiger partial charge in [0, 0.05) is 31.8 Å². The molecule has 0 spiro atoms. The van der Waals surface area contributed by atoms with Gasteiger partial charge in [-0.25, -0.2) is 0 Å². The monoisotopic (exact) mass is 459 g/mol. The molecule has 0 atom stereocenters. The first-order valence-electron chi connectivity index (χ1n) is 7.63. The van der Waals surface area contributed by atoms with Crippen LogP contribution in [-0.4, -0.2) is 23.1 Å². The fourth-order valence-corrected chi connectivity index (χ4v) is 2.04. The molecule has 9 heteroatoms. The van der Waals surface area contributed by atoms with E-state index in [1.165, 1.54) is 12.1 Å². The van der Waals surface area contributed by atoms with Crippen molar-refractivity contribution in [1.29, 1.82) is 0 Å². The summed E-state index contributed by atoms with van der Waals surface area (Å²) in [5.41, 5.74) is 1.78. The van der Waals surface area contributed by atoms with Crippen LogP contribution in [0.15, 0.2) is 39.8 Å². The van der Waals surface area contributed by atoms with Gasteiger partial charge in [0.05, 0.1) is 17.2 Å². The molecule has 1 aromatic carbocycles. The standard InChI is InChI=1S/C16H21N5O3.HI/c1-11(2)15-8-14(24-20-15)10-19-16(17-3)18-9-12-5-4-6-13(7-12)21(22)23;/h4-8,11H,9-10H2,1-3H3,(H2,17,18,19);1H. The number of rotatable bonds is 6. The minimum Gasteiger partial charge on any atom is -0.359 e. The number of nitrogens with one attached hydrogen (secondary N) is 2. The van der Waals surface area contributed by atoms with Crippen LogP contribution in [0.2, 0.25) is 0 Å². The van der Waals surface area contributed by atoms with Crippen molar-refractivity contribution in [3.05, 3.63) is 57.5 Å². The first-order chi connectivity index (χ1) is 11.5.